The van der Waals surface area contributed by atoms with Crippen LogP contribution in [-0.4, -0.2) is 43.8 Å². The van der Waals surface area contributed by atoms with Crippen LogP contribution in [0.2, 0.25) is 0 Å². The van der Waals surface area contributed by atoms with Crippen molar-refractivity contribution in [3.05, 3.63) is 41.7 Å². The molecular weight excluding hydrogens is 404 g/mol. The Kier molecular flexibility index (Phi) is 5.26. The van der Waals surface area contributed by atoms with Crippen LogP contribution in [0, 0.1) is 0 Å². The predicted molar refractivity (Wildman–Crippen MR) is 109 cm³/mol. The quantitative estimate of drug-likeness (QED) is 0.324. The lowest BCUT2D eigenvalue weighted by molar-refractivity contribution is -0.165. The zero-order valence-electron chi connectivity index (χ0n) is 16.2. The zero-order chi connectivity index (χ0) is 22.0. The zero-order valence-corrected chi connectivity index (χ0v) is 16.2. The van der Waals surface area contributed by atoms with Crippen LogP contribution < -0.4 is 22.1 Å². The number of esters is 2. The van der Waals surface area contributed by atoms with Gasteiger partial charge in [-0.25, -0.2) is 14.8 Å². The molecule has 1 amide bonds. The van der Waals surface area contributed by atoms with E-state index in [0.29, 0.717) is 29.0 Å². The molecule has 1 saturated heterocycles. The molecule has 1 fully saturated rings. The van der Waals surface area contributed by atoms with E-state index in [1.54, 1.807) is 30.5 Å². The van der Waals surface area contributed by atoms with E-state index in [1.165, 1.54) is 0 Å². The van der Waals surface area contributed by atoms with Crippen LogP contribution in [0.5, 0.6) is 0 Å². The van der Waals surface area contributed by atoms with Crippen molar-refractivity contribution in [3.63, 3.8) is 0 Å². The number of hydrogen-bond donors (Lipinski definition) is 4. The summed E-state index contributed by atoms with van der Waals surface area (Å²) in [7, 11) is 0. The van der Waals surface area contributed by atoms with Crippen LogP contribution in [0.4, 0.5) is 17.5 Å². The fraction of sp³-hybridized carbons (Fsp3) is 0.211. The number of rotatable bonds is 5. The van der Waals surface area contributed by atoms with Gasteiger partial charge in [-0.05, 0) is 30.7 Å². The molecule has 0 spiro atoms. The largest absolute Gasteiger partial charge is 0.392 e. The van der Waals surface area contributed by atoms with Crippen LogP contribution in [-0.2, 0) is 20.9 Å². The number of fused-ring (bicyclic) bond motifs is 1. The van der Waals surface area contributed by atoms with Gasteiger partial charge < -0.3 is 26.8 Å². The van der Waals surface area contributed by atoms with Gasteiger partial charge in [0, 0.05) is 17.7 Å². The molecule has 1 aliphatic rings. The SMILES string of the molecule is Nc1nc(N)c2nc(CNc3ccc(C(=O)N[C@H]4CCC(=O)OC4=O)cc3)cnc2n1. The Hall–Kier alpha value is -4.35. The molecule has 1 aromatic carbocycles. The Balaban J connectivity index is 1.37. The highest BCUT2D eigenvalue weighted by atomic mass is 16.6. The molecular formula is C19H18N8O4. The van der Waals surface area contributed by atoms with E-state index in [2.05, 4.69) is 35.3 Å². The summed E-state index contributed by atoms with van der Waals surface area (Å²) in [6.45, 7) is 0.347. The first-order chi connectivity index (χ1) is 14.9. The number of nitrogens with two attached hydrogens (primary N) is 2. The van der Waals surface area contributed by atoms with Crippen molar-refractivity contribution in [2.75, 3.05) is 16.8 Å². The first kappa shape index (κ1) is 19.9. The van der Waals surface area contributed by atoms with Crippen LogP contribution in [0.15, 0.2) is 30.5 Å². The van der Waals surface area contributed by atoms with Gasteiger partial charge in [0.15, 0.2) is 17.0 Å². The summed E-state index contributed by atoms with van der Waals surface area (Å²) >= 11 is 0. The molecule has 0 saturated carbocycles. The molecule has 0 radical (unpaired) electrons. The number of anilines is 3. The third kappa shape index (κ3) is 4.47. The Bertz CT molecular complexity index is 1180. The standard InChI is InChI=1S/C19H18N8O4/c20-15-14-16(27-19(21)26-15)23-8-11(24-14)7-22-10-3-1-9(2-4-10)17(29)25-12-5-6-13(28)31-18(12)30/h1-4,8,12,22H,5-7H2,(H,25,29)(H4,20,21,23,26,27)/t12-/m0/s1. The molecule has 3 heterocycles. The number of aromatic nitrogens is 4. The predicted octanol–water partition coefficient (Wildman–Crippen LogP) is 0.158. The highest BCUT2D eigenvalue weighted by Crippen LogP contribution is 2.16. The van der Waals surface area contributed by atoms with E-state index in [9.17, 15) is 14.4 Å². The molecule has 158 valence electrons. The van der Waals surface area contributed by atoms with Gasteiger partial charge in [-0.2, -0.15) is 9.97 Å². The molecule has 1 atom stereocenters. The number of nitrogen functional groups attached to an aromatic ring is 2. The third-order valence-corrected chi connectivity index (χ3v) is 4.56. The van der Waals surface area contributed by atoms with E-state index in [4.69, 9.17) is 11.5 Å². The molecule has 0 aliphatic carbocycles. The molecule has 4 rings (SSSR count). The maximum Gasteiger partial charge on any atom is 0.336 e. The number of amides is 1. The second-order valence-electron chi connectivity index (χ2n) is 6.79. The number of nitrogens with zero attached hydrogens (tertiary/aromatic N) is 4. The number of nitrogens with one attached hydrogen (secondary N) is 2. The van der Waals surface area contributed by atoms with E-state index in [0.717, 1.165) is 5.69 Å². The summed E-state index contributed by atoms with van der Waals surface area (Å²) in [6, 6.07) is 5.81. The number of benzene rings is 1. The number of carbonyl (C=O) groups excluding carboxylic acids is 3. The Morgan fingerprint density at radius 3 is 2.65 bits per heavy atom. The summed E-state index contributed by atoms with van der Waals surface area (Å²) in [6.07, 6.45) is 1.86. The molecule has 3 aromatic rings. The third-order valence-electron chi connectivity index (χ3n) is 4.56. The molecule has 31 heavy (non-hydrogen) atoms. The van der Waals surface area contributed by atoms with Gasteiger partial charge in [-0.1, -0.05) is 0 Å². The maximum atomic E-state index is 12.3. The summed E-state index contributed by atoms with van der Waals surface area (Å²) in [5.41, 5.74) is 13.8. The molecule has 0 unspecified atom stereocenters. The first-order valence-electron chi connectivity index (χ1n) is 9.33. The van der Waals surface area contributed by atoms with Gasteiger partial charge in [0.2, 0.25) is 5.95 Å². The van der Waals surface area contributed by atoms with Crippen molar-refractivity contribution >= 4 is 46.5 Å². The monoisotopic (exact) mass is 422 g/mol. The minimum Gasteiger partial charge on any atom is -0.392 e. The molecule has 12 nitrogen and oxygen atoms in total. The molecule has 6 N–H and O–H groups in total. The normalized spacial score (nSPS) is 16.1. The first-order valence-corrected chi connectivity index (χ1v) is 9.33. The molecule has 12 heteroatoms. The van der Waals surface area contributed by atoms with Crippen molar-refractivity contribution in [2.45, 2.75) is 25.4 Å². The fourth-order valence-electron chi connectivity index (χ4n) is 2.99. The summed E-state index contributed by atoms with van der Waals surface area (Å²) in [5.74, 6) is -1.57. The van der Waals surface area contributed by atoms with Gasteiger partial charge in [-0.3, -0.25) is 9.59 Å². The Morgan fingerprint density at radius 2 is 1.90 bits per heavy atom. The average molecular weight is 422 g/mol. The maximum absolute atomic E-state index is 12.3. The Morgan fingerprint density at radius 1 is 1.13 bits per heavy atom. The minimum atomic E-state index is -0.832. The van der Waals surface area contributed by atoms with Gasteiger partial charge >= 0.3 is 11.9 Å². The van der Waals surface area contributed by atoms with Crippen molar-refractivity contribution in [1.29, 1.82) is 0 Å². The highest BCUT2D eigenvalue weighted by Gasteiger charge is 2.30. The van der Waals surface area contributed by atoms with Gasteiger partial charge in [-0.15, -0.1) is 0 Å². The van der Waals surface area contributed by atoms with Crippen molar-refractivity contribution < 1.29 is 19.1 Å². The smallest absolute Gasteiger partial charge is 0.336 e. The summed E-state index contributed by atoms with van der Waals surface area (Å²) < 4.78 is 4.53. The second kappa shape index (κ2) is 8.18. The fourth-order valence-corrected chi connectivity index (χ4v) is 2.99. The van der Waals surface area contributed by atoms with Gasteiger partial charge in [0.05, 0.1) is 18.4 Å². The second-order valence-corrected chi connectivity index (χ2v) is 6.79. The van der Waals surface area contributed by atoms with Crippen molar-refractivity contribution in [3.8, 4) is 0 Å². The number of ether oxygens (including phenoxy) is 1. The molecule has 1 aliphatic heterocycles. The topological polar surface area (TPSA) is 188 Å². The van der Waals surface area contributed by atoms with E-state index < -0.39 is 23.9 Å². The van der Waals surface area contributed by atoms with Gasteiger partial charge in [0.1, 0.15) is 6.04 Å². The molecule has 2 aromatic heterocycles. The lowest BCUT2D eigenvalue weighted by atomic mass is 10.1. The average Bonchev–Trinajstić information content (AvgIpc) is 2.74. The van der Waals surface area contributed by atoms with E-state index in [1.807, 2.05) is 0 Å². The number of hydrogen-bond acceptors (Lipinski definition) is 11. The van der Waals surface area contributed by atoms with Crippen LogP contribution in [0.3, 0.4) is 0 Å². The summed E-state index contributed by atoms with van der Waals surface area (Å²) in [4.78, 5) is 51.5. The Labute approximate surface area is 175 Å². The highest BCUT2D eigenvalue weighted by molar-refractivity contribution is 5.99. The van der Waals surface area contributed by atoms with Gasteiger partial charge in [0.25, 0.3) is 5.91 Å². The van der Waals surface area contributed by atoms with Crippen molar-refractivity contribution in [1.82, 2.24) is 25.3 Å². The van der Waals surface area contributed by atoms with Crippen molar-refractivity contribution in [2.24, 2.45) is 0 Å². The van der Waals surface area contributed by atoms with E-state index in [-0.39, 0.29) is 24.6 Å². The minimum absolute atomic E-state index is 0.0307. The lowest BCUT2D eigenvalue weighted by Crippen LogP contribution is -2.45. The molecule has 0 bridgehead atoms. The van der Waals surface area contributed by atoms with Crippen LogP contribution >= 0.6 is 0 Å². The van der Waals surface area contributed by atoms with Crippen LogP contribution in [0.1, 0.15) is 28.9 Å². The van der Waals surface area contributed by atoms with E-state index >= 15 is 0 Å². The number of cyclic esters (lactones) is 2. The number of carbonyl (C=O) groups is 3. The summed E-state index contributed by atoms with van der Waals surface area (Å²) in [5, 5.41) is 5.74. The lowest BCUT2D eigenvalue weighted by Gasteiger charge is -2.20. The van der Waals surface area contributed by atoms with Crippen LogP contribution in [0.25, 0.3) is 11.2 Å².